The van der Waals surface area contributed by atoms with E-state index in [1.807, 2.05) is 58.1 Å². The van der Waals surface area contributed by atoms with Crippen LogP contribution in [0.1, 0.15) is 126 Å². The third-order valence-electron chi connectivity index (χ3n) is 14.9. The van der Waals surface area contributed by atoms with E-state index in [9.17, 15) is 39.3 Å². The molecule has 3 N–H and O–H groups in total. The van der Waals surface area contributed by atoms with E-state index in [1.165, 1.54) is 12.0 Å². The van der Waals surface area contributed by atoms with Crippen LogP contribution in [0.4, 0.5) is 0 Å². The van der Waals surface area contributed by atoms with Crippen molar-refractivity contribution in [3.05, 3.63) is 47.6 Å². The molecule has 68 heavy (non-hydrogen) atoms. The predicted octanol–water partition coefficient (Wildman–Crippen LogP) is 6.20. The van der Waals surface area contributed by atoms with Gasteiger partial charge in [0, 0.05) is 58.5 Å². The maximum atomic E-state index is 14.5. The van der Waals surface area contributed by atoms with Gasteiger partial charge in [-0.3, -0.25) is 19.2 Å². The third kappa shape index (κ3) is 15.3. The van der Waals surface area contributed by atoms with Gasteiger partial charge in [0.15, 0.2) is 5.78 Å². The van der Waals surface area contributed by atoms with E-state index >= 15 is 0 Å². The molecule has 384 valence electrons. The third-order valence-corrected chi connectivity index (χ3v) is 14.9. The highest BCUT2D eigenvalue weighted by Gasteiger charge is 2.53. The molecule has 1 saturated carbocycles. The molecule has 15 nitrogen and oxygen atoms in total. The Morgan fingerprint density at radius 3 is 2.26 bits per heavy atom. The molecule has 2 saturated heterocycles. The number of nitrogens with zero attached hydrogens (tertiary/aromatic N) is 1. The number of aliphatic hydroxyl groups is 3. The van der Waals surface area contributed by atoms with Crippen LogP contribution in [-0.4, -0.2) is 145 Å². The molecule has 4 rings (SSSR count). The minimum Gasteiger partial charge on any atom is -0.460 e. The number of carbonyl (C=O) groups is 5. The van der Waals surface area contributed by atoms with Gasteiger partial charge in [-0.1, -0.05) is 71.1 Å². The van der Waals surface area contributed by atoms with Crippen LogP contribution in [0.15, 0.2) is 47.6 Å². The van der Waals surface area contributed by atoms with Gasteiger partial charge < -0.3 is 48.6 Å². The Balaban J connectivity index is 1.70. The summed E-state index contributed by atoms with van der Waals surface area (Å²) >= 11 is 0. The number of carbonyl (C=O) groups excluding carboxylic acids is 5. The molecule has 3 aliphatic heterocycles. The fourth-order valence-electron chi connectivity index (χ4n) is 10.5. The zero-order valence-corrected chi connectivity index (χ0v) is 42.4. The number of fused-ring (bicyclic) bond motifs is 3. The summed E-state index contributed by atoms with van der Waals surface area (Å²) in [5, 5.41) is 32.8. The standard InChI is InChI=1S/C53H83NO14/c1-32-16-12-11-13-17-33(2)44(63-8)30-40-21-19-38(7)53(62,68-40)50(59)51(60)54-23-15-14-18-41(54)52(61)67-45(35(4)28-39-20-22-43(66-25-24-55)46(29-39)64-9)31-42(56)34(3)27-37(6)48(58)49(65-10)47(57)36(5)26-32/h11-13,16-17,27,32,34-36,38-41,43-46,48-49,55,58,62H,14-15,18-26,28-31H2,1-10H3/b13-11+,16-12-,33-17-,37-27?/t32-,34-,35-,36-,38-,39+,40+,41+,43-,44+,45+,46-,48-,49+,53-/m1/s1. The molecule has 15 heteroatoms. The maximum absolute atomic E-state index is 14.5. The van der Waals surface area contributed by atoms with Gasteiger partial charge in [-0.15, -0.1) is 0 Å². The molecule has 0 unspecified atom stereocenters. The van der Waals surface area contributed by atoms with E-state index in [0.29, 0.717) is 63.4 Å². The number of methoxy groups -OCH3 is 3. The topological polar surface area (TPSA) is 205 Å². The Morgan fingerprint density at radius 1 is 0.853 bits per heavy atom. The lowest BCUT2D eigenvalue weighted by molar-refractivity contribution is -0.265. The van der Waals surface area contributed by atoms with Crippen molar-refractivity contribution in [3.8, 4) is 0 Å². The maximum Gasteiger partial charge on any atom is 0.329 e. The van der Waals surface area contributed by atoms with E-state index in [2.05, 4.69) is 0 Å². The monoisotopic (exact) mass is 958 g/mol. The molecule has 0 spiro atoms. The van der Waals surface area contributed by atoms with Gasteiger partial charge in [-0.25, -0.2) is 4.79 Å². The van der Waals surface area contributed by atoms with E-state index in [4.69, 9.17) is 28.4 Å². The number of allylic oxidation sites excluding steroid dienone is 6. The first kappa shape index (κ1) is 57.2. The van der Waals surface area contributed by atoms with Gasteiger partial charge in [0.05, 0.1) is 37.6 Å². The zero-order chi connectivity index (χ0) is 50.3. The number of esters is 1. The quantitative estimate of drug-likeness (QED) is 0.134. The van der Waals surface area contributed by atoms with Crippen LogP contribution in [0.25, 0.3) is 0 Å². The highest BCUT2D eigenvalue weighted by Crippen LogP contribution is 2.38. The Morgan fingerprint density at radius 2 is 1.59 bits per heavy atom. The van der Waals surface area contributed by atoms with Crippen LogP contribution in [0.2, 0.25) is 0 Å². The molecule has 1 aliphatic carbocycles. The number of cyclic esters (lactones) is 1. The number of Topliss-reactive ketones (excluding diaryl/α,β-unsaturated/α-hetero) is 3. The number of rotatable bonds is 9. The first-order valence-corrected chi connectivity index (χ1v) is 25.0. The Kier molecular flexibility index (Phi) is 22.9. The lowest BCUT2D eigenvalue weighted by Gasteiger charge is -2.42. The minimum atomic E-state index is -2.43. The zero-order valence-electron chi connectivity index (χ0n) is 42.4. The lowest BCUT2D eigenvalue weighted by Crippen LogP contribution is -2.61. The predicted molar refractivity (Wildman–Crippen MR) is 256 cm³/mol. The summed E-state index contributed by atoms with van der Waals surface area (Å²) in [5.41, 5.74) is 1.26. The summed E-state index contributed by atoms with van der Waals surface area (Å²) < 4.78 is 35.6. The molecule has 3 fully saturated rings. The molecule has 4 aliphatic rings. The van der Waals surface area contributed by atoms with Crippen LogP contribution in [0.3, 0.4) is 0 Å². The van der Waals surface area contributed by atoms with Gasteiger partial charge in [-0.05, 0) is 107 Å². The molecule has 0 radical (unpaired) electrons. The molecule has 3 heterocycles. The van der Waals surface area contributed by atoms with Crippen LogP contribution < -0.4 is 0 Å². The lowest BCUT2D eigenvalue weighted by atomic mass is 9.78. The Labute approximate surface area is 405 Å². The smallest absolute Gasteiger partial charge is 0.329 e. The van der Waals surface area contributed by atoms with Crippen LogP contribution >= 0.6 is 0 Å². The fraction of sp³-hybridized carbons (Fsp3) is 0.755. The van der Waals surface area contributed by atoms with Crippen molar-refractivity contribution in [1.82, 2.24) is 4.90 Å². The second kappa shape index (κ2) is 27.3. The summed E-state index contributed by atoms with van der Waals surface area (Å²) in [4.78, 5) is 72.1. The number of hydrogen-bond donors (Lipinski definition) is 3. The molecule has 0 aromatic carbocycles. The van der Waals surface area contributed by atoms with Crippen LogP contribution in [-0.2, 0) is 52.4 Å². The Bertz CT molecular complexity index is 1810. The van der Waals surface area contributed by atoms with Gasteiger partial charge in [0.25, 0.3) is 11.7 Å². The number of ketones is 3. The number of amides is 1. The molecule has 2 bridgehead atoms. The average molecular weight is 958 g/mol. The van der Waals surface area contributed by atoms with Crippen molar-refractivity contribution in [1.29, 1.82) is 0 Å². The minimum absolute atomic E-state index is 0.0158. The van der Waals surface area contributed by atoms with Gasteiger partial charge in [0.2, 0.25) is 5.79 Å². The van der Waals surface area contributed by atoms with Gasteiger partial charge in [0.1, 0.15) is 30.1 Å². The van der Waals surface area contributed by atoms with Crippen LogP contribution in [0.5, 0.6) is 0 Å². The normalized spacial score (nSPS) is 38.4. The highest BCUT2D eigenvalue weighted by atomic mass is 16.6. The van der Waals surface area contributed by atoms with E-state index < -0.39 is 77.8 Å². The average Bonchev–Trinajstić information content (AvgIpc) is 3.32. The Hall–Kier alpha value is -3.41. The molecule has 15 atom stereocenters. The molecular weight excluding hydrogens is 875 g/mol. The van der Waals surface area contributed by atoms with Crippen molar-refractivity contribution in [2.75, 3.05) is 41.1 Å². The first-order valence-electron chi connectivity index (χ1n) is 25.0. The van der Waals surface area contributed by atoms with Crippen molar-refractivity contribution >= 4 is 29.2 Å². The number of piperidine rings is 1. The van der Waals surface area contributed by atoms with Gasteiger partial charge >= 0.3 is 5.97 Å². The molecule has 1 amide bonds. The second-order valence-corrected chi connectivity index (χ2v) is 20.2. The van der Waals surface area contributed by atoms with E-state index in [1.54, 1.807) is 41.1 Å². The number of ether oxygens (including phenoxy) is 6. The van der Waals surface area contributed by atoms with E-state index in [-0.39, 0.29) is 74.1 Å². The van der Waals surface area contributed by atoms with Crippen molar-refractivity contribution < 1.29 is 67.7 Å². The summed E-state index contributed by atoms with van der Waals surface area (Å²) in [5.74, 6) is -7.96. The largest absolute Gasteiger partial charge is 0.460 e. The van der Waals surface area contributed by atoms with Crippen molar-refractivity contribution in [2.24, 2.45) is 35.5 Å². The second-order valence-electron chi connectivity index (χ2n) is 20.2. The number of aliphatic hydroxyl groups excluding tert-OH is 2. The van der Waals surface area contributed by atoms with Crippen molar-refractivity contribution in [3.63, 3.8) is 0 Å². The molecule has 0 aromatic heterocycles. The first-order chi connectivity index (χ1) is 32.3. The summed E-state index contributed by atoms with van der Waals surface area (Å²) in [6, 6.07) is -1.14. The summed E-state index contributed by atoms with van der Waals surface area (Å²) in [6.07, 6.45) is 12.0. The fourth-order valence-corrected chi connectivity index (χ4v) is 10.5. The van der Waals surface area contributed by atoms with E-state index in [0.717, 1.165) is 12.0 Å². The summed E-state index contributed by atoms with van der Waals surface area (Å²) in [7, 11) is 4.58. The number of hydrogen-bond acceptors (Lipinski definition) is 14. The van der Waals surface area contributed by atoms with Gasteiger partial charge in [-0.2, -0.15) is 0 Å². The molecular formula is C53H83NO14. The summed E-state index contributed by atoms with van der Waals surface area (Å²) in [6.45, 7) is 12.9. The van der Waals surface area contributed by atoms with Crippen LogP contribution in [0, 0.1) is 35.5 Å². The highest BCUT2D eigenvalue weighted by molar-refractivity contribution is 6.39. The molecule has 0 aromatic rings. The SMILES string of the molecule is CO[C@H]1C[C@@H]2CC[C@@H](C)[C@@](O)(O2)C(=O)C(=O)N2CCCC[C@H]2C(=O)O[C@H]([C@H](C)C[C@@H]2CC[C@@H](OCCO)[C@H](OC)C2)CC(=O)[C@H](C)C=C(C)[C@@H](O)[C@@H](OC)C(=O)[C@H](C)C[C@H](C)\C=C/C=C/C=C\1C. The van der Waals surface area contributed by atoms with Crippen molar-refractivity contribution in [2.45, 2.75) is 180 Å².